The van der Waals surface area contributed by atoms with E-state index in [1.54, 1.807) is 61.1 Å². The molecule has 3 rings (SSSR count). The number of carbonyl (C=O) groups is 3. The molecule has 0 fully saturated rings. The van der Waals surface area contributed by atoms with Crippen molar-refractivity contribution < 1.29 is 19.1 Å². The van der Waals surface area contributed by atoms with Gasteiger partial charge in [-0.1, -0.05) is 17.5 Å². The van der Waals surface area contributed by atoms with Gasteiger partial charge < -0.3 is 15.4 Å². The molecular formula is C24H22ClN3O4. The van der Waals surface area contributed by atoms with Gasteiger partial charge in [-0.05, 0) is 55.0 Å². The van der Waals surface area contributed by atoms with Gasteiger partial charge in [0.1, 0.15) is 5.75 Å². The summed E-state index contributed by atoms with van der Waals surface area (Å²) >= 11 is 5.95. The van der Waals surface area contributed by atoms with Crippen LogP contribution in [-0.4, -0.2) is 42.5 Å². The molecule has 3 aromatic rings. The number of fused-ring (bicyclic) bond motifs is 1. The SMILES string of the molecule is C#CCNC(=O)CNC(=O)Cc1c(C)n(C(=O)c2ccc(Cl)cc2)c2ccc(OC)cc12. The Morgan fingerprint density at radius 1 is 1.09 bits per heavy atom. The van der Waals surface area contributed by atoms with E-state index in [4.69, 9.17) is 22.8 Å². The van der Waals surface area contributed by atoms with Gasteiger partial charge in [0.25, 0.3) is 5.91 Å². The first-order valence-corrected chi connectivity index (χ1v) is 10.2. The Bertz CT molecular complexity index is 1220. The highest BCUT2D eigenvalue weighted by atomic mass is 35.5. The lowest BCUT2D eigenvalue weighted by molar-refractivity contribution is -0.125. The molecule has 1 heterocycles. The molecule has 0 bridgehead atoms. The number of methoxy groups -OCH3 is 1. The van der Waals surface area contributed by atoms with E-state index >= 15 is 0 Å². The zero-order chi connectivity index (χ0) is 23.3. The van der Waals surface area contributed by atoms with Gasteiger partial charge in [0.2, 0.25) is 11.8 Å². The Morgan fingerprint density at radius 3 is 2.47 bits per heavy atom. The van der Waals surface area contributed by atoms with Crippen molar-refractivity contribution in [3.8, 4) is 18.1 Å². The molecule has 8 heteroatoms. The molecule has 7 nitrogen and oxygen atoms in total. The first-order chi connectivity index (χ1) is 15.3. The number of aromatic nitrogens is 1. The van der Waals surface area contributed by atoms with Gasteiger partial charge in [-0.2, -0.15) is 0 Å². The van der Waals surface area contributed by atoms with Crippen molar-refractivity contribution >= 4 is 40.2 Å². The predicted molar refractivity (Wildman–Crippen MR) is 123 cm³/mol. The predicted octanol–water partition coefficient (Wildman–Crippen LogP) is 2.71. The van der Waals surface area contributed by atoms with Gasteiger partial charge in [-0.15, -0.1) is 6.42 Å². The number of amides is 2. The van der Waals surface area contributed by atoms with Crippen LogP contribution in [-0.2, 0) is 16.0 Å². The maximum atomic E-state index is 13.3. The van der Waals surface area contributed by atoms with Crippen LogP contribution in [0, 0.1) is 19.3 Å². The molecule has 2 aromatic carbocycles. The van der Waals surface area contributed by atoms with E-state index in [0.29, 0.717) is 33.1 Å². The van der Waals surface area contributed by atoms with Crippen LogP contribution in [0.2, 0.25) is 5.02 Å². The number of terminal acetylenes is 1. The van der Waals surface area contributed by atoms with Gasteiger partial charge >= 0.3 is 0 Å². The number of hydrogen-bond acceptors (Lipinski definition) is 4. The lowest BCUT2D eigenvalue weighted by Crippen LogP contribution is -2.37. The van der Waals surface area contributed by atoms with E-state index in [-0.39, 0.29) is 37.2 Å². The minimum Gasteiger partial charge on any atom is -0.497 e. The zero-order valence-electron chi connectivity index (χ0n) is 17.7. The Hall–Kier alpha value is -3.76. The summed E-state index contributed by atoms with van der Waals surface area (Å²) < 4.78 is 6.90. The molecule has 164 valence electrons. The van der Waals surface area contributed by atoms with Crippen LogP contribution in [0.5, 0.6) is 5.75 Å². The number of nitrogens with zero attached hydrogens (tertiary/aromatic N) is 1. The zero-order valence-corrected chi connectivity index (χ0v) is 18.5. The van der Waals surface area contributed by atoms with Crippen molar-refractivity contribution in [3.05, 3.63) is 64.3 Å². The van der Waals surface area contributed by atoms with Crippen LogP contribution in [0.25, 0.3) is 10.9 Å². The average molecular weight is 452 g/mol. The number of nitrogens with one attached hydrogen (secondary N) is 2. The summed E-state index contributed by atoms with van der Waals surface area (Å²) in [6.07, 6.45) is 5.09. The molecule has 1 aromatic heterocycles. The van der Waals surface area contributed by atoms with E-state index in [1.165, 1.54) is 0 Å². The smallest absolute Gasteiger partial charge is 0.262 e. The quantitative estimate of drug-likeness (QED) is 0.540. The number of hydrogen-bond donors (Lipinski definition) is 2. The monoisotopic (exact) mass is 451 g/mol. The first kappa shape index (κ1) is 22.9. The summed E-state index contributed by atoms with van der Waals surface area (Å²) in [7, 11) is 1.55. The molecule has 2 N–H and O–H groups in total. The second-order valence-electron chi connectivity index (χ2n) is 7.03. The van der Waals surface area contributed by atoms with E-state index in [9.17, 15) is 14.4 Å². The molecule has 2 amide bonds. The summed E-state index contributed by atoms with van der Waals surface area (Å²) in [4.78, 5) is 37.5. The molecule has 0 radical (unpaired) electrons. The van der Waals surface area contributed by atoms with E-state index < -0.39 is 0 Å². The topological polar surface area (TPSA) is 89.4 Å². The van der Waals surface area contributed by atoms with Crippen LogP contribution in [0.4, 0.5) is 0 Å². The minimum absolute atomic E-state index is 0.0151. The fourth-order valence-corrected chi connectivity index (χ4v) is 3.54. The fourth-order valence-electron chi connectivity index (χ4n) is 3.41. The van der Waals surface area contributed by atoms with Crippen molar-refractivity contribution in [3.63, 3.8) is 0 Å². The third-order valence-corrected chi connectivity index (χ3v) is 5.26. The number of halogens is 1. The third kappa shape index (κ3) is 4.93. The summed E-state index contributed by atoms with van der Waals surface area (Å²) in [5.41, 5.74) is 2.41. The lowest BCUT2D eigenvalue weighted by Gasteiger charge is -2.08. The van der Waals surface area contributed by atoms with Crippen LogP contribution in [0.1, 0.15) is 21.6 Å². The van der Waals surface area contributed by atoms with Crippen LogP contribution in [0.15, 0.2) is 42.5 Å². The Balaban J connectivity index is 1.95. The third-order valence-electron chi connectivity index (χ3n) is 5.01. The van der Waals surface area contributed by atoms with Gasteiger partial charge in [0.15, 0.2) is 0 Å². The largest absolute Gasteiger partial charge is 0.497 e. The van der Waals surface area contributed by atoms with Crippen LogP contribution in [0.3, 0.4) is 0 Å². The standard InChI is InChI=1S/C24H22ClN3O4/c1-4-11-26-23(30)14-27-22(29)13-19-15(2)28(21-10-9-18(32-3)12-20(19)21)24(31)16-5-7-17(25)8-6-16/h1,5-10,12H,11,13-14H2,2-3H3,(H,26,30)(H,27,29). The van der Waals surface area contributed by atoms with Crippen molar-refractivity contribution in [2.24, 2.45) is 0 Å². The lowest BCUT2D eigenvalue weighted by atomic mass is 10.1. The normalized spacial score (nSPS) is 10.4. The highest BCUT2D eigenvalue weighted by molar-refractivity contribution is 6.30. The van der Waals surface area contributed by atoms with Crippen molar-refractivity contribution in [2.75, 3.05) is 20.2 Å². The molecular weight excluding hydrogens is 430 g/mol. The number of rotatable bonds is 7. The molecule has 32 heavy (non-hydrogen) atoms. The Labute approximate surface area is 190 Å². The highest BCUT2D eigenvalue weighted by Crippen LogP contribution is 2.30. The van der Waals surface area contributed by atoms with Gasteiger partial charge in [0.05, 0.1) is 32.1 Å². The maximum absolute atomic E-state index is 13.3. The number of benzene rings is 2. The summed E-state index contributed by atoms with van der Waals surface area (Å²) in [6, 6.07) is 11.9. The molecule has 0 saturated carbocycles. The van der Waals surface area contributed by atoms with Gasteiger partial charge in [-0.3, -0.25) is 19.0 Å². The van der Waals surface area contributed by atoms with Crippen molar-refractivity contribution in [1.82, 2.24) is 15.2 Å². The van der Waals surface area contributed by atoms with E-state index in [0.717, 1.165) is 5.39 Å². The second-order valence-corrected chi connectivity index (χ2v) is 7.47. The van der Waals surface area contributed by atoms with Gasteiger partial charge in [0, 0.05) is 21.7 Å². The molecule has 0 unspecified atom stereocenters. The van der Waals surface area contributed by atoms with Crippen molar-refractivity contribution in [1.29, 1.82) is 0 Å². The number of carbonyl (C=O) groups excluding carboxylic acids is 3. The van der Waals surface area contributed by atoms with Gasteiger partial charge in [-0.25, -0.2) is 0 Å². The summed E-state index contributed by atoms with van der Waals surface area (Å²) in [6.45, 7) is 1.68. The first-order valence-electron chi connectivity index (χ1n) is 9.80. The average Bonchev–Trinajstić information content (AvgIpc) is 3.06. The highest BCUT2D eigenvalue weighted by Gasteiger charge is 2.22. The van der Waals surface area contributed by atoms with E-state index in [2.05, 4.69) is 16.6 Å². The molecule has 0 aliphatic heterocycles. The Kier molecular flexibility index (Phi) is 7.18. The minimum atomic E-state index is -0.380. The van der Waals surface area contributed by atoms with Crippen LogP contribution >= 0.6 is 11.6 Å². The van der Waals surface area contributed by atoms with E-state index in [1.807, 2.05) is 0 Å². The summed E-state index contributed by atoms with van der Waals surface area (Å²) in [5.74, 6) is 1.92. The summed E-state index contributed by atoms with van der Waals surface area (Å²) in [5, 5.41) is 6.31. The molecule has 0 saturated heterocycles. The Morgan fingerprint density at radius 2 is 1.81 bits per heavy atom. The molecule has 0 aliphatic rings. The second kappa shape index (κ2) is 10.0. The number of ether oxygens (including phenoxy) is 1. The molecule has 0 spiro atoms. The maximum Gasteiger partial charge on any atom is 0.262 e. The van der Waals surface area contributed by atoms with Crippen molar-refractivity contribution in [2.45, 2.75) is 13.3 Å². The molecule has 0 aliphatic carbocycles. The fraction of sp³-hybridized carbons (Fsp3) is 0.208. The molecule has 0 atom stereocenters. The van der Waals surface area contributed by atoms with Crippen LogP contribution < -0.4 is 15.4 Å².